The average molecular weight is 389 g/mol. The Morgan fingerprint density at radius 2 is 2.23 bits per heavy atom. The molecule has 4 rings (SSSR count). The fraction of sp³-hybridized carbons (Fsp3) is 0.167. The highest BCUT2D eigenvalue weighted by atomic mass is 35.5. The van der Waals surface area contributed by atoms with Gasteiger partial charge in [-0.25, -0.2) is 9.38 Å². The van der Waals surface area contributed by atoms with Crippen LogP contribution < -0.4 is 5.32 Å². The summed E-state index contributed by atoms with van der Waals surface area (Å²) in [7, 11) is 0. The number of anilines is 1. The van der Waals surface area contributed by atoms with Gasteiger partial charge in [0, 0.05) is 27.8 Å². The number of hydrogen-bond donors (Lipinski definition) is 2. The SMILES string of the molecule is CC1=Nc2[nH]ncc2C(c2cccs2)C1C(=O)Nc1ccc(F)c(Cl)c1. The molecule has 3 heterocycles. The number of nitrogens with one attached hydrogen (secondary N) is 2. The van der Waals surface area contributed by atoms with Crippen LogP contribution in [0.3, 0.4) is 0 Å². The molecule has 1 aliphatic rings. The zero-order valence-corrected chi connectivity index (χ0v) is 15.2. The first-order chi connectivity index (χ1) is 12.5. The molecule has 0 radical (unpaired) electrons. The van der Waals surface area contributed by atoms with E-state index in [1.165, 1.54) is 18.2 Å². The van der Waals surface area contributed by atoms with Crippen molar-refractivity contribution in [3.8, 4) is 0 Å². The van der Waals surface area contributed by atoms with E-state index in [2.05, 4.69) is 20.5 Å². The van der Waals surface area contributed by atoms with Crippen LogP contribution in [0.15, 0.2) is 46.9 Å². The van der Waals surface area contributed by atoms with Crippen LogP contribution in [0.2, 0.25) is 5.02 Å². The van der Waals surface area contributed by atoms with Gasteiger partial charge >= 0.3 is 0 Å². The second kappa shape index (κ2) is 6.66. The monoisotopic (exact) mass is 388 g/mol. The molecule has 0 spiro atoms. The lowest BCUT2D eigenvalue weighted by Gasteiger charge is -2.28. The van der Waals surface area contributed by atoms with E-state index in [-0.39, 0.29) is 16.8 Å². The number of fused-ring (bicyclic) bond motifs is 1. The molecule has 5 nitrogen and oxygen atoms in total. The van der Waals surface area contributed by atoms with E-state index >= 15 is 0 Å². The van der Waals surface area contributed by atoms with E-state index in [0.29, 0.717) is 17.2 Å². The maximum absolute atomic E-state index is 13.4. The zero-order chi connectivity index (χ0) is 18.3. The molecule has 2 aromatic heterocycles. The molecule has 0 saturated carbocycles. The molecular formula is C18H14ClFN4OS. The summed E-state index contributed by atoms with van der Waals surface area (Å²) in [5, 5.41) is 11.7. The minimum absolute atomic E-state index is 0.0382. The lowest BCUT2D eigenvalue weighted by atomic mass is 9.80. The Morgan fingerprint density at radius 3 is 2.96 bits per heavy atom. The maximum Gasteiger partial charge on any atom is 0.234 e. The van der Waals surface area contributed by atoms with Gasteiger partial charge in [0.1, 0.15) is 5.82 Å². The second-order valence-corrected chi connectivity index (χ2v) is 7.40. The number of halogens is 2. The van der Waals surface area contributed by atoms with Gasteiger partial charge < -0.3 is 5.32 Å². The summed E-state index contributed by atoms with van der Waals surface area (Å²) in [4.78, 5) is 18.6. The third kappa shape index (κ3) is 2.93. The van der Waals surface area contributed by atoms with Gasteiger partial charge in [-0.2, -0.15) is 5.10 Å². The summed E-state index contributed by atoms with van der Waals surface area (Å²) in [6.07, 6.45) is 1.71. The van der Waals surface area contributed by atoms with Gasteiger partial charge in [0.25, 0.3) is 0 Å². The van der Waals surface area contributed by atoms with Crippen LogP contribution in [0.1, 0.15) is 23.3 Å². The fourth-order valence-electron chi connectivity index (χ4n) is 3.19. The summed E-state index contributed by atoms with van der Waals surface area (Å²) in [6, 6.07) is 8.06. The number of H-pyrrole nitrogens is 1. The number of nitrogens with zero attached hydrogens (tertiary/aromatic N) is 2. The predicted octanol–water partition coefficient (Wildman–Crippen LogP) is 4.76. The second-order valence-electron chi connectivity index (χ2n) is 6.02. The van der Waals surface area contributed by atoms with Crippen molar-refractivity contribution < 1.29 is 9.18 Å². The molecule has 1 aromatic carbocycles. The lowest BCUT2D eigenvalue weighted by Crippen LogP contribution is -2.35. The molecule has 8 heteroatoms. The minimum atomic E-state index is -0.528. The van der Waals surface area contributed by atoms with Gasteiger partial charge in [-0.1, -0.05) is 17.7 Å². The number of hydrogen-bond acceptors (Lipinski definition) is 4. The summed E-state index contributed by atoms with van der Waals surface area (Å²) in [5.74, 6) is -0.756. The number of aromatic nitrogens is 2. The van der Waals surface area contributed by atoms with Crippen molar-refractivity contribution in [3.63, 3.8) is 0 Å². The Morgan fingerprint density at radius 1 is 1.38 bits per heavy atom. The van der Waals surface area contributed by atoms with Crippen molar-refractivity contribution in [3.05, 3.63) is 63.2 Å². The molecule has 132 valence electrons. The first-order valence-electron chi connectivity index (χ1n) is 7.92. The number of aliphatic imine (C=N–C) groups is 1. The fourth-order valence-corrected chi connectivity index (χ4v) is 4.25. The topological polar surface area (TPSA) is 70.1 Å². The van der Waals surface area contributed by atoms with Crippen LogP contribution in [-0.2, 0) is 4.79 Å². The van der Waals surface area contributed by atoms with Gasteiger partial charge in [-0.15, -0.1) is 11.3 Å². The smallest absolute Gasteiger partial charge is 0.234 e. The molecule has 26 heavy (non-hydrogen) atoms. The Kier molecular flexibility index (Phi) is 4.34. The predicted molar refractivity (Wildman–Crippen MR) is 101 cm³/mol. The Hall–Kier alpha value is -2.51. The maximum atomic E-state index is 13.4. The molecule has 0 saturated heterocycles. The highest BCUT2D eigenvalue weighted by Gasteiger charge is 2.39. The van der Waals surface area contributed by atoms with Crippen molar-refractivity contribution >= 4 is 46.1 Å². The highest BCUT2D eigenvalue weighted by molar-refractivity contribution is 7.10. The number of aromatic amines is 1. The third-order valence-corrected chi connectivity index (χ3v) is 5.62. The number of carbonyl (C=O) groups excluding carboxylic acids is 1. The van der Waals surface area contributed by atoms with E-state index in [9.17, 15) is 9.18 Å². The van der Waals surface area contributed by atoms with E-state index in [0.717, 1.165) is 10.4 Å². The minimum Gasteiger partial charge on any atom is -0.325 e. The molecule has 2 N–H and O–H groups in total. The number of thiophene rings is 1. The molecule has 0 fully saturated rings. The number of benzene rings is 1. The summed E-state index contributed by atoms with van der Waals surface area (Å²) < 4.78 is 13.4. The number of rotatable bonds is 3. The molecule has 1 amide bonds. The standard InChI is InChI=1S/C18H14ClFN4OS/c1-9-15(18(25)23-10-4-5-13(20)12(19)7-10)16(14-3-2-6-26-14)11-8-21-24-17(11)22-9/h2-8,15-16H,1H3,(H,21,24)(H,23,25). The normalized spacial score (nSPS) is 19.0. The van der Waals surface area contributed by atoms with Crippen LogP contribution >= 0.6 is 22.9 Å². The molecule has 0 aliphatic carbocycles. The molecule has 1 aliphatic heterocycles. The van der Waals surface area contributed by atoms with Gasteiger partial charge in [-0.3, -0.25) is 9.89 Å². The molecule has 0 bridgehead atoms. The van der Waals surface area contributed by atoms with Crippen molar-refractivity contribution in [1.82, 2.24) is 10.2 Å². The van der Waals surface area contributed by atoms with Gasteiger partial charge in [0.05, 0.1) is 17.1 Å². The van der Waals surface area contributed by atoms with Gasteiger partial charge in [0.2, 0.25) is 5.91 Å². The Labute approximate surface area is 157 Å². The largest absolute Gasteiger partial charge is 0.325 e. The summed E-state index contributed by atoms with van der Waals surface area (Å²) in [6.45, 7) is 1.83. The lowest BCUT2D eigenvalue weighted by molar-refractivity contribution is -0.118. The first kappa shape index (κ1) is 16.9. The van der Waals surface area contributed by atoms with Crippen LogP contribution in [0.5, 0.6) is 0 Å². The van der Waals surface area contributed by atoms with Crippen LogP contribution in [0.4, 0.5) is 15.9 Å². The molecule has 2 unspecified atom stereocenters. The molecular weight excluding hydrogens is 375 g/mol. The number of carbonyl (C=O) groups is 1. The van der Waals surface area contributed by atoms with Crippen LogP contribution in [0, 0.1) is 11.7 Å². The van der Waals surface area contributed by atoms with Crippen molar-refractivity contribution in [1.29, 1.82) is 0 Å². The van der Waals surface area contributed by atoms with E-state index in [1.807, 2.05) is 24.4 Å². The highest BCUT2D eigenvalue weighted by Crippen LogP contribution is 2.43. The summed E-state index contributed by atoms with van der Waals surface area (Å²) in [5.41, 5.74) is 2.01. The quantitative estimate of drug-likeness (QED) is 0.679. The number of amides is 1. The van der Waals surface area contributed by atoms with Crippen molar-refractivity contribution in [2.24, 2.45) is 10.9 Å². The molecule has 2 atom stereocenters. The zero-order valence-electron chi connectivity index (χ0n) is 13.7. The van der Waals surface area contributed by atoms with E-state index in [1.54, 1.807) is 17.5 Å². The molecule has 3 aromatic rings. The van der Waals surface area contributed by atoms with Crippen molar-refractivity contribution in [2.45, 2.75) is 12.8 Å². The van der Waals surface area contributed by atoms with Crippen LogP contribution in [0.25, 0.3) is 0 Å². The summed E-state index contributed by atoms with van der Waals surface area (Å²) >= 11 is 7.40. The van der Waals surface area contributed by atoms with Gasteiger partial charge in [-0.05, 0) is 36.6 Å². The van der Waals surface area contributed by atoms with E-state index < -0.39 is 11.7 Å². The third-order valence-electron chi connectivity index (χ3n) is 4.37. The van der Waals surface area contributed by atoms with E-state index in [4.69, 9.17) is 11.6 Å². The average Bonchev–Trinajstić information content (AvgIpc) is 3.28. The van der Waals surface area contributed by atoms with Crippen LogP contribution in [-0.4, -0.2) is 21.8 Å². The Bertz CT molecular complexity index is 999. The van der Waals surface area contributed by atoms with Gasteiger partial charge in [0.15, 0.2) is 5.82 Å². The Balaban J connectivity index is 1.71. The van der Waals surface area contributed by atoms with Crippen molar-refractivity contribution in [2.75, 3.05) is 5.32 Å². The first-order valence-corrected chi connectivity index (χ1v) is 9.18.